The third-order valence-electron chi connectivity index (χ3n) is 2.29. The number of hydrogen-bond acceptors (Lipinski definition) is 2. The molecule has 0 saturated heterocycles. The van der Waals surface area contributed by atoms with Crippen LogP contribution in [-0.4, -0.2) is 11.9 Å². The normalized spacial score (nSPS) is 18.5. The minimum Gasteiger partial charge on any atom is -0.875 e. The number of nitrogens with one attached hydrogen (secondary N) is 1. The van der Waals surface area contributed by atoms with E-state index in [1.165, 1.54) is 26.2 Å². The van der Waals surface area contributed by atoms with Gasteiger partial charge in [0.25, 0.3) is 0 Å². The fourth-order valence-electron chi connectivity index (χ4n) is 1.67. The van der Waals surface area contributed by atoms with Crippen molar-refractivity contribution >= 4 is 5.91 Å². The zero-order valence-electron chi connectivity index (χ0n) is 9.01. The van der Waals surface area contributed by atoms with Crippen LogP contribution in [0.2, 0.25) is 0 Å². The minimum absolute atomic E-state index is 0. The molecule has 0 aliphatic heterocycles. The molecule has 1 N–H and O–H groups in total. The van der Waals surface area contributed by atoms with Crippen LogP contribution in [0.4, 0.5) is 0 Å². The van der Waals surface area contributed by atoms with E-state index >= 15 is 0 Å². The van der Waals surface area contributed by atoms with Crippen LogP contribution in [0, 0.1) is 0 Å². The van der Waals surface area contributed by atoms with Crippen molar-refractivity contribution in [1.29, 1.82) is 0 Å². The van der Waals surface area contributed by atoms with Gasteiger partial charge in [-0.25, -0.2) is 0 Å². The van der Waals surface area contributed by atoms with Crippen molar-refractivity contribution in [3.63, 3.8) is 0 Å². The molecule has 0 radical (unpaired) electrons. The molecule has 1 rings (SSSR count). The van der Waals surface area contributed by atoms with E-state index in [4.69, 9.17) is 0 Å². The number of hydrogen-bond donors (Lipinski definition) is 1. The van der Waals surface area contributed by atoms with Crippen molar-refractivity contribution < 1.29 is 39.5 Å². The van der Waals surface area contributed by atoms with Gasteiger partial charge in [0, 0.05) is 6.04 Å². The van der Waals surface area contributed by atoms with Crippen LogP contribution in [0.5, 0.6) is 0 Å². The fraction of sp³-hybridized carbons (Fsp3) is 0.700. The van der Waals surface area contributed by atoms with Crippen molar-refractivity contribution in [2.45, 2.75) is 45.1 Å². The largest absolute Gasteiger partial charge is 1.00 e. The average Bonchev–Trinajstić information content (AvgIpc) is 2.04. The molecular weight excluding hydrogens is 189 g/mol. The number of carbonyl (C=O) groups is 1. The van der Waals surface area contributed by atoms with E-state index in [1.807, 2.05) is 0 Å². The first kappa shape index (κ1) is 14.0. The summed E-state index contributed by atoms with van der Waals surface area (Å²) >= 11 is 0. The summed E-state index contributed by atoms with van der Waals surface area (Å²) in [5, 5.41) is 13.4. The quantitative estimate of drug-likeness (QED) is 0.313. The van der Waals surface area contributed by atoms with E-state index in [0.29, 0.717) is 0 Å². The molecule has 0 aromatic rings. The minimum atomic E-state index is -0.237. The van der Waals surface area contributed by atoms with Crippen LogP contribution in [-0.2, 0) is 4.79 Å². The molecule has 1 fully saturated rings. The maximum absolute atomic E-state index is 11.1. The Morgan fingerprint density at radius 3 is 2.43 bits per heavy atom. The van der Waals surface area contributed by atoms with Gasteiger partial charge in [-0.2, -0.15) is 0 Å². The number of rotatable bonds is 2. The summed E-state index contributed by atoms with van der Waals surface area (Å²) in [5.41, 5.74) is 0. The molecule has 0 bridgehead atoms. The van der Waals surface area contributed by atoms with Crippen LogP contribution in [0.25, 0.3) is 0 Å². The maximum atomic E-state index is 11.1. The summed E-state index contributed by atoms with van der Waals surface area (Å²) in [5.74, 6) is -0.423. The van der Waals surface area contributed by atoms with Gasteiger partial charge in [0.05, 0.1) is 0 Å². The van der Waals surface area contributed by atoms with Crippen LogP contribution in [0.3, 0.4) is 0 Å². The Bertz CT molecular complexity index is 206. The predicted molar refractivity (Wildman–Crippen MR) is 48.8 cm³/mol. The summed E-state index contributed by atoms with van der Waals surface area (Å²) in [6.45, 7) is 1.39. The smallest absolute Gasteiger partial charge is 0.875 e. The van der Waals surface area contributed by atoms with Gasteiger partial charge in [0.1, 0.15) is 0 Å². The summed E-state index contributed by atoms with van der Waals surface area (Å²) in [4.78, 5) is 11.1. The van der Waals surface area contributed by atoms with Gasteiger partial charge in [-0.1, -0.05) is 26.2 Å². The topological polar surface area (TPSA) is 52.2 Å². The molecule has 3 nitrogen and oxygen atoms in total. The summed E-state index contributed by atoms with van der Waals surface area (Å²) < 4.78 is 0. The predicted octanol–water partition coefficient (Wildman–Crippen LogP) is -2.30. The third kappa shape index (κ3) is 5.68. The maximum Gasteiger partial charge on any atom is 1.00 e. The molecule has 0 aromatic carbocycles. The molecule has 0 spiro atoms. The summed E-state index contributed by atoms with van der Waals surface area (Å²) in [6, 6.07) is 0.289. The van der Waals surface area contributed by atoms with Gasteiger partial charge in [-0.05, 0) is 18.9 Å². The van der Waals surface area contributed by atoms with Crippen molar-refractivity contribution in [2.75, 3.05) is 0 Å². The zero-order chi connectivity index (χ0) is 9.68. The van der Waals surface area contributed by atoms with E-state index in [0.717, 1.165) is 18.9 Å². The summed E-state index contributed by atoms with van der Waals surface area (Å²) in [6.07, 6.45) is 6.86. The summed E-state index contributed by atoms with van der Waals surface area (Å²) in [7, 11) is 0. The number of amides is 1. The van der Waals surface area contributed by atoms with Gasteiger partial charge >= 0.3 is 29.6 Å². The van der Waals surface area contributed by atoms with Gasteiger partial charge in [0.15, 0.2) is 0 Å². The Labute approximate surface area is 107 Å². The molecule has 4 heteroatoms. The second-order valence-electron chi connectivity index (χ2n) is 3.60. The van der Waals surface area contributed by atoms with Crippen LogP contribution >= 0.6 is 0 Å². The first-order valence-corrected chi connectivity index (χ1v) is 4.84. The van der Waals surface area contributed by atoms with Gasteiger partial charge in [0.2, 0.25) is 5.91 Å². The van der Waals surface area contributed by atoms with E-state index in [2.05, 4.69) is 5.32 Å². The Morgan fingerprint density at radius 2 is 1.93 bits per heavy atom. The average molecular weight is 205 g/mol. The van der Waals surface area contributed by atoms with Crippen molar-refractivity contribution in [3.8, 4) is 0 Å². The zero-order valence-corrected chi connectivity index (χ0v) is 11.0. The molecule has 1 aliphatic carbocycles. The molecule has 14 heavy (non-hydrogen) atoms. The molecule has 0 heterocycles. The van der Waals surface area contributed by atoms with E-state index in [-0.39, 0.29) is 47.3 Å². The molecule has 1 aliphatic rings. The van der Waals surface area contributed by atoms with Crippen molar-refractivity contribution in [1.82, 2.24) is 5.32 Å². The second-order valence-corrected chi connectivity index (χ2v) is 3.60. The van der Waals surface area contributed by atoms with Crippen LogP contribution in [0.15, 0.2) is 11.8 Å². The Hall–Kier alpha value is 0.0100. The molecule has 1 amide bonds. The Kier molecular flexibility index (Phi) is 7.33. The van der Waals surface area contributed by atoms with Crippen molar-refractivity contribution in [3.05, 3.63) is 11.8 Å². The van der Waals surface area contributed by atoms with E-state index in [1.54, 1.807) is 0 Å². The van der Waals surface area contributed by atoms with Crippen LogP contribution < -0.4 is 40.0 Å². The van der Waals surface area contributed by atoms with Gasteiger partial charge in [-0.15, -0.1) is 5.76 Å². The molecule has 0 aromatic heterocycles. The van der Waals surface area contributed by atoms with Gasteiger partial charge in [-0.3, -0.25) is 4.79 Å². The van der Waals surface area contributed by atoms with Crippen molar-refractivity contribution in [2.24, 2.45) is 0 Å². The molecule has 1 saturated carbocycles. The SMILES string of the molecule is C/C([O-])=C\C(=O)NC1CCCCC1.[Na+]. The number of carbonyl (C=O) groups excluding carboxylic acids is 1. The first-order chi connectivity index (χ1) is 6.18. The monoisotopic (exact) mass is 205 g/mol. The third-order valence-corrected chi connectivity index (χ3v) is 2.29. The van der Waals surface area contributed by atoms with Gasteiger partial charge < -0.3 is 10.4 Å². The molecular formula is C10H16NNaO2. The standard InChI is InChI=1S/C10H17NO2.Na/c1-8(12)7-10(13)11-9-5-3-2-4-6-9;/h7,9,12H,2-6H2,1H3,(H,11,13);/q;+1/p-1/b8-7+;. The Morgan fingerprint density at radius 1 is 1.36 bits per heavy atom. The first-order valence-electron chi connectivity index (χ1n) is 4.84. The second kappa shape index (κ2) is 7.32. The van der Waals surface area contributed by atoms with E-state index in [9.17, 15) is 9.90 Å². The van der Waals surface area contributed by atoms with Crippen LogP contribution in [0.1, 0.15) is 39.0 Å². The molecule has 0 atom stereocenters. The number of allylic oxidation sites excluding steroid dienone is 1. The molecule has 0 unspecified atom stereocenters. The fourth-order valence-corrected chi connectivity index (χ4v) is 1.67. The van der Waals surface area contributed by atoms with E-state index < -0.39 is 0 Å². The Balaban J connectivity index is 0.00000169. The molecule has 74 valence electrons.